The number of benzene rings is 2. The minimum atomic E-state index is -3.66. The summed E-state index contributed by atoms with van der Waals surface area (Å²) in [5.41, 5.74) is 1.03. The van der Waals surface area contributed by atoms with Crippen molar-refractivity contribution in [2.45, 2.75) is 24.2 Å². The van der Waals surface area contributed by atoms with Gasteiger partial charge in [0.2, 0.25) is 15.9 Å². The van der Waals surface area contributed by atoms with Crippen molar-refractivity contribution in [3.63, 3.8) is 0 Å². The van der Waals surface area contributed by atoms with Crippen molar-refractivity contribution in [1.82, 2.24) is 4.31 Å². The van der Waals surface area contributed by atoms with Gasteiger partial charge in [-0.2, -0.15) is 0 Å². The topological polar surface area (TPSA) is 57.7 Å². The zero-order chi connectivity index (χ0) is 19.8. The van der Waals surface area contributed by atoms with Crippen LogP contribution in [0.2, 0.25) is 0 Å². The molecule has 2 aromatic rings. The first kappa shape index (κ1) is 19.4. The monoisotopic (exact) mass is 394 g/mol. The van der Waals surface area contributed by atoms with Crippen molar-refractivity contribution in [3.05, 3.63) is 59.2 Å². The van der Waals surface area contributed by atoms with E-state index in [1.807, 2.05) is 0 Å². The summed E-state index contributed by atoms with van der Waals surface area (Å²) < 4.78 is 53.7. The van der Waals surface area contributed by atoms with Gasteiger partial charge in [-0.15, -0.1) is 0 Å². The van der Waals surface area contributed by atoms with Crippen molar-refractivity contribution in [2.24, 2.45) is 0 Å². The smallest absolute Gasteiger partial charge is 0.242 e. The van der Waals surface area contributed by atoms with E-state index < -0.39 is 34.0 Å². The van der Waals surface area contributed by atoms with Gasteiger partial charge in [-0.3, -0.25) is 4.79 Å². The lowest BCUT2D eigenvalue weighted by Gasteiger charge is -2.30. The zero-order valence-electron chi connectivity index (χ0n) is 15.1. The molecule has 0 saturated carbocycles. The lowest BCUT2D eigenvalue weighted by atomic mass is 10.0. The Morgan fingerprint density at radius 3 is 2.44 bits per heavy atom. The second kappa shape index (κ2) is 7.36. The lowest BCUT2D eigenvalue weighted by molar-refractivity contribution is -0.118. The second-order valence-corrected chi connectivity index (χ2v) is 8.76. The largest absolute Gasteiger partial charge is 0.312 e. The molecule has 0 atom stereocenters. The average molecular weight is 394 g/mol. The number of hydrogen-bond donors (Lipinski definition) is 0. The highest BCUT2D eigenvalue weighted by Gasteiger charge is 2.27. The van der Waals surface area contributed by atoms with Crippen LogP contribution in [0, 0.1) is 11.6 Å². The predicted octanol–water partition coefficient (Wildman–Crippen LogP) is 2.74. The van der Waals surface area contributed by atoms with Gasteiger partial charge in [-0.25, -0.2) is 21.5 Å². The first-order valence-corrected chi connectivity index (χ1v) is 9.94. The van der Waals surface area contributed by atoms with Crippen LogP contribution in [0.1, 0.15) is 17.5 Å². The Morgan fingerprint density at radius 1 is 1.15 bits per heavy atom. The molecule has 0 fully saturated rings. The summed E-state index contributed by atoms with van der Waals surface area (Å²) in [6.45, 7) is 0.368. The Morgan fingerprint density at radius 2 is 1.81 bits per heavy atom. The quantitative estimate of drug-likeness (QED) is 0.801. The average Bonchev–Trinajstić information content (AvgIpc) is 2.63. The van der Waals surface area contributed by atoms with E-state index in [1.165, 1.54) is 37.2 Å². The number of fused-ring (bicyclic) bond motifs is 1. The van der Waals surface area contributed by atoms with Crippen molar-refractivity contribution in [2.75, 3.05) is 25.5 Å². The summed E-state index contributed by atoms with van der Waals surface area (Å²) in [6, 6.07) is 8.12. The van der Waals surface area contributed by atoms with E-state index in [0.717, 1.165) is 22.0 Å². The van der Waals surface area contributed by atoms with Gasteiger partial charge in [0.1, 0.15) is 11.6 Å². The highest BCUT2D eigenvalue weighted by molar-refractivity contribution is 7.89. The van der Waals surface area contributed by atoms with Crippen LogP contribution in [0.3, 0.4) is 0 Å². The molecule has 144 valence electrons. The summed E-state index contributed by atoms with van der Waals surface area (Å²) in [5, 5.41) is 0. The van der Waals surface area contributed by atoms with Crippen molar-refractivity contribution < 1.29 is 22.0 Å². The Balaban J connectivity index is 1.97. The number of sulfonamides is 1. The normalized spacial score (nSPS) is 14.3. The van der Waals surface area contributed by atoms with E-state index in [0.29, 0.717) is 25.1 Å². The first-order valence-electron chi connectivity index (χ1n) is 8.50. The number of nitrogens with zero attached hydrogens (tertiary/aromatic N) is 2. The molecule has 1 aliphatic heterocycles. The fraction of sp³-hybridized carbons (Fsp3) is 0.316. The molecule has 1 amide bonds. The SMILES string of the molecule is CN(C)S(=O)(=O)c1ccc2c(c1)N(C(=O)Cc1c(F)cccc1F)CCC2. The summed E-state index contributed by atoms with van der Waals surface area (Å²) in [7, 11) is -0.798. The van der Waals surface area contributed by atoms with Crippen LogP contribution in [0.5, 0.6) is 0 Å². The Kier molecular flexibility index (Phi) is 5.30. The summed E-state index contributed by atoms with van der Waals surface area (Å²) >= 11 is 0. The van der Waals surface area contributed by atoms with Gasteiger partial charge in [0.05, 0.1) is 11.3 Å². The molecule has 0 radical (unpaired) electrons. The van der Waals surface area contributed by atoms with Gasteiger partial charge in [-0.05, 0) is 42.7 Å². The maximum absolute atomic E-state index is 13.9. The van der Waals surface area contributed by atoms with Gasteiger partial charge in [-0.1, -0.05) is 12.1 Å². The number of amides is 1. The molecule has 0 spiro atoms. The molecule has 0 unspecified atom stereocenters. The fourth-order valence-electron chi connectivity index (χ4n) is 3.13. The number of halogens is 2. The van der Waals surface area contributed by atoms with Gasteiger partial charge >= 0.3 is 0 Å². The molecule has 1 aliphatic rings. The number of rotatable bonds is 4. The molecule has 1 heterocycles. The van der Waals surface area contributed by atoms with Crippen LogP contribution >= 0.6 is 0 Å². The van der Waals surface area contributed by atoms with Crippen molar-refractivity contribution >= 4 is 21.6 Å². The number of anilines is 1. The molecule has 8 heteroatoms. The molecule has 0 N–H and O–H groups in total. The van der Waals surface area contributed by atoms with E-state index in [2.05, 4.69) is 0 Å². The molecule has 0 aromatic heterocycles. The van der Waals surface area contributed by atoms with Crippen LogP contribution < -0.4 is 4.90 Å². The highest BCUT2D eigenvalue weighted by Crippen LogP contribution is 2.31. The van der Waals surface area contributed by atoms with Gasteiger partial charge in [0.25, 0.3) is 0 Å². The van der Waals surface area contributed by atoms with Gasteiger partial charge in [0.15, 0.2) is 0 Å². The maximum Gasteiger partial charge on any atom is 0.242 e. The van der Waals surface area contributed by atoms with Crippen LogP contribution in [0.25, 0.3) is 0 Å². The predicted molar refractivity (Wildman–Crippen MR) is 98.1 cm³/mol. The molecule has 0 bridgehead atoms. The molecule has 3 rings (SSSR count). The number of carbonyl (C=O) groups is 1. The summed E-state index contributed by atoms with van der Waals surface area (Å²) in [6.07, 6.45) is 0.969. The van der Waals surface area contributed by atoms with E-state index in [4.69, 9.17) is 0 Å². The molecule has 0 aliphatic carbocycles. The molecule has 5 nitrogen and oxygen atoms in total. The molecule has 0 saturated heterocycles. The lowest BCUT2D eigenvalue weighted by Crippen LogP contribution is -2.37. The Bertz CT molecular complexity index is 970. The minimum Gasteiger partial charge on any atom is -0.312 e. The summed E-state index contributed by atoms with van der Waals surface area (Å²) in [4.78, 5) is 14.3. The summed E-state index contributed by atoms with van der Waals surface area (Å²) in [5.74, 6) is -2.02. The Labute approximate surface area is 157 Å². The fourth-order valence-corrected chi connectivity index (χ4v) is 4.05. The second-order valence-electron chi connectivity index (χ2n) is 6.60. The highest BCUT2D eigenvalue weighted by atomic mass is 32.2. The number of carbonyl (C=O) groups excluding carboxylic acids is 1. The van der Waals surface area contributed by atoms with E-state index in [1.54, 1.807) is 6.07 Å². The third-order valence-electron chi connectivity index (χ3n) is 4.64. The zero-order valence-corrected chi connectivity index (χ0v) is 15.9. The van der Waals surface area contributed by atoms with Gasteiger partial charge < -0.3 is 4.90 Å². The standard InChI is InChI=1S/C19H20F2N2O3S/c1-22(2)27(25,26)14-9-8-13-5-4-10-23(18(13)11-14)19(24)12-15-16(20)6-3-7-17(15)21/h3,6-9,11H,4-5,10,12H2,1-2H3. The van der Waals surface area contributed by atoms with Crippen LogP contribution in [-0.4, -0.2) is 39.3 Å². The van der Waals surface area contributed by atoms with Crippen LogP contribution in [0.4, 0.5) is 14.5 Å². The molecule has 27 heavy (non-hydrogen) atoms. The third kappa shape index (κ3) is 3.72. The minimum absolute atomic E-state index is 0.0722. The molecule has 2 aromatic carbocycles. The van der Waals surface area contributed by atoms with Crippen molar-refractivity contribution in [1.29, 1.82) is 0 Å². The Hall–Kier alpha value is -2.32. The number of aryl methyl sites for hydroxylation is 1. The van der Waals surface area contributed by atoms with Gasteiger partial charge in [0, 0.05) is 31.9 Å². The first-order chi connectivity index (χ1) is 12.7. The third-order valence-corrected chi connectivity index (χ3v) is 6.46. The van der Waals surface area contributed by atoms with Crippen LogP contribution in [-0.2, 0) is 27.7 Å². The molecular weight excluding hydrogens is 374 g/mol. The van der Waals surface area contributed by atoms with Crippen molar-refractivity contribution in [3.8, 4) is 0 Å². The van der Waals surface area contributed by atoms with Crippen LogP contribution in [0.15, 0.2) is 41.3 Å². The van der Waals surface area contributed by atoms with E-state index >= 15 is 0 Å². The van der Waals surface area contributed by atoms with E-state index in [-0.39, 0.29) is 10.5 Å². The maximum atomic E-state index is 13.9. The molecular formula is C19H20F2N2O3S. The number of hydrogen-bond acceptors (Lipinski definition) is 3. The van der Waals surface area contributed by atoms with E-state index in [9.17, 15) is 22.0 Å².